The molecule has 7 heteroatoms. The summed E-state index contributed by atoms with van der Waals surface area (Å²) in [5, 5.41) is 8.16. The number of anilines is 1. The van der Waals surface area contributed by atoms with Crippen LogP contribution in [0.25, 0.3) is 5.69 Å². The number of rotatable bonds is 6. The molecule has 0 saturated carbocycles. The Morgan fingerprint density at radius 2 is 1.65 bits per heavy atom. The van der Waals surface area contributed by atoms with E-state index in [-0.39, 0.29) is 24.8 Å². The Morgan fingerprint density at radius 1 is 1.03 bits per heavy atom. The van der Waals surface area contributed by atoms with Crippen LogP contribution in [0.3, 0.4) is 0 Å². The summed E-state index contributed by atoms with van der Waals surface area (Å²) in [6.07, 6.45) is 0.179. The lowest BCUT2D eigenvalue weighted by molar-refractivity contribution is -0.132. The highest BCUT2D eigenvalue weighted by molar-refractivity contribution is 6.30. The van der Waals surface area contributed by atoms with E-state index in [4.69, 9.17) is 11.6 Å². The van der Waals surface area contributed by atoms with Crippen molar-refractivity contribution in [2.24, 2.45) is 0 Å². The van der Waals surface area contributed by atoms with E-state index in [0.29, 0.717) is 5.02 Å². The maximum atomic E-state index is 12.8. The molecule has 0 radical (unpaired) electrons. The van der Waals surface area contributed by atoms with Crippen molar-refractivity contribution in [2.45, 2.75) is 34.1 Å². The van der Waals surface area contributed by atoms with Crippen LogP contribution in [0.15, 0.2) is 42.5 Å². The number of hydrogen-bond donors (Lipinski definition) is 1. The Bertz CT molecular complexity index is 1100. The Balaban J connectivity index is 1.68. The van der Waals surface area contributed by atoms with Crippen molar-refractivity contribution in [1.82, 2.24) is 14.7 Å². The third kappa shape index (κ3) is 5.14. The van der Waals surface area contributed by atoms with E-state index in [1.54, 1.807) is 19.2 Å². The van der Waals surface area contributed by atoms with Gasteiger partial charge in [0.25, 0.3) is 0 Å². The lowest BCUT2D eigenvalue weighted by Crippen LogP contribution is -2.36. The number of aryl methyl sites for hydroxylation is 3. The van der Waals surface area contributed by atoms with Gasteiger partial charge in [-0.25, -0.2) is 4.68 Å². The van der Waals surface area contributed by atoms with Crippen molar-refractivity contribution >= 4 is 29.1 Å². The van der Waals surface area contributed by atoms with Gasteiger partial charge in [-0.05, 0) is 63.1 Å². The van der Waals surface area contributed by atoms with Crippen molar-refractivity contribution in [2.75, 3.05) is 18.9 Å². The Kier molecular flexibility index (Phi) is 6.81. The van der Waals surface area contributed by atoms with Gasteiger partial charge in [0, 0.05) is 29.0 Å². The molecular formula is C24H27ClN4O2. The maximum absolute atomic E-state index is 12.8. The first-order valence-electron chi connectivity index (χ1n) is 10.1. The molecule has 31 heavy (non-hydrogen) atoms. The first kappa shape index (κ1) is 22.6. The molecule has 2 aromatic carbocycles. The number of amides is 2. The van der Waals surface area contributed by atoms with E-state index >= 15 is 0 Å². The van der Waals surface area contributed by atoms with E-state index in [9.17, 15) is 9.59 Å². The van der Waals surface area contributed by atoms with Crippen molar-refractivity contribution in [1.29, 1.82) is 0 Å². The molecule has 0 atom stereocenters. The monoisotopic (exact) mass is 438 g/mol. The van der Waals surface area contributed by atoms with E-state index < -0.39 is 0 Å². The molecule has 0 aliphatic carbocycles. The van der Waals surface area contributed by atoms with Gasteiger partial charge < -0.3 is 10.2 Å². The average Bonchev–Trinajstić information content (AvgIpc) is 2.99. The highest BCUT2D eigenvalue weighted by Crippen LogP contribution is 2.21. The minimum absolute atomic E-state index is 0.0178. The summed E-state index contributed by atoms with van der Waals surface area (Å²) in [6.45, 7) is 7.69. The first-order chi connectivity index (χ1) is 14.7. The summed E-state index contributed by atoms with van der Waals surface area (Å²) in [4.78, 5) is 26.8. The Labute approximate surface area is 187 Å². The molecule has 0 unspecified atom stereocenters. The minimum Gasteiger partial charge on any atom is -0.336 e. The average molecular weight is 439 g/mol. The molecule has 6 nitrogen and oxygen atoms in total. The van der Waals surface area contributed by atoms with Crippen molar-refractivity contribution in [3.05, 3.63) is 75.6 Å². The molecular weight excluding hydrogens is 412 g/mol. The first-order valence-corrected chi connectivity index (χ1v) is 10.5. The van der Waals surface area contributed by atoms with Crippen LogP contribution in [0.5, 0.6) is 0 Å². The topological polar surface area (TPSA) is 67.2 Å². The normalized spacial score (nSPS) is 10.8. The number of aromatic nitrogens is 2. The van der Waals surface area contributed by atoms with Crippen LogP contribution in [0.2, 0.25) is 5.02 Å². The third-order valence-electron chi connectivity index (χ3n) is 5.39. The summed E-state index contributed by atoms with van der Waals surface area (Å²) < 4.78 is 1.81. The molecule has 2 amide bonds. The summed E-state index contributed by atoms with van der Waals surface area (Å²) in [7, 11) is 1.64. The van der Waals surface area contributed by atoms with Gasteiger partial charge >= 0.3 is 0 Å². The summed E-state index contributed by atoms with van der Waals surface area (Å²) in [5.41, 5.74) is 6.19. The van der Waals surface area contributed by atoms with Gasteiger partial charge in [0.2, 0.25) is 11.8 Å². The number of carbonyl (C=O) groups excluding carboxylic acids is 2. The number of hydrogen-bond acceptors (Lipinski definition) is 3. The predicted octanol–water partition coefficient (Wildman–Crippen LogP) is 4.40. The third-order valence-corrected chi connectivity index (χ3v) is 5.64. The van der Waals surface area contributed by atoms with Crippen LogP contribution in [0, 0.1) is 27.7 Å². The lowest BCUT2D eigenvalue weighted by Gasteiger charge is -2.18. The van der Waals surface area contributed by atoms with Gasteiger partial charge in [0.15, 0.2) is 0 Å². The molecule has 3 aromatic rings. The van der Waals surface area contributed by atoms with Crippen LogP contribution in [-0.2, 0) is 16.0 Å². The van der Waals surface area contributed by atoms with E-state index in [0.717, 1.165) is 39.5 Å². The van der Waals surface area contributed by atoms with Crippen molar-refractivity contribution < 1.29 is 9.59 Å². The smallest absolute Gasteiger partial charge is 0.243 e. The summed E-state index contributed by atoms with van der Waals surface area (Å²) in [6, 6.07) is 13.2. The van der Waals surface area contributed by atoms with Crippen molar-refractivity contribution in [3.63, 3.8) is 0 Å². The van der Waals surface area contributed by atoms with E-state index in [1.165, 1.54) is 4.90 Å². The molecule has 0 aliphatic heterocycles. The van der Waals surface area contributed by atoms with E-state index in [1.807, 2.05) is 62.7 Å². The second-order valence-electron chi connectivity index (χ2n) is 7.78. The Hall–Kier alpha value is -3.12. The fourth-order valence-electron chi connectivity index (χ4n) is 3.54. The fourth-order valence-corrected chi connectivity index (χ4v) is 3.67. The molecule has 0 spiro atoms. The number of para-hydroxylation sites is 1. The van der Waals surface area contributed by atoms with Crippen LogP contribution in [0.1, 0.15) is 28.1 Å². The largest absolute Gasteiger partial charge is 0.336 e. The second kappa shape index (κ2) is 9.35. The van der Waals surface area contributed by atoms with Gasteiger partial charge in [-0.15, -0.1) is 0 Å². The van der Waals surface area contributed by atoms with Crippen molar-refractivity contribution in [3.8, 4) is 5.69 Å². The molecule has 1 aromatic heterocycles. The number of benzene rings is 2. The summed E-state index contributed by atoms with van der Waals surface area (Å²) in [5.74, 6) is -0.364. The Morgan fingerprint density at radius 3 is 2.26 bits per heavy atom. The lowest BCUT2D eigenvalue weighted by atomic mass is 10.1. The van der Waals surface area contributed by atoms with Crippen LogP contribution in [0.4, 0.5) is 5.69 Å². The highest BCUT2D eigenvalue weighted by atomic mass is 35.5. The van der Waals surface area contributed by atoms with Crippen LogP contribution >= 0.6 is 11.6 Å². The molecule has 1 heterocycles. The standard InChI is InChI=1S/C24H27ClN4O2/c1-15-7-6-8-16(2)24(15)26-22(30)14-28(5)23(31)13-21-17(3)27-29(18(21)4)20-11-9-19(25)10-12-20/h6-12H,13-14H2,1-5H3,(H,26,30). The molecule has 0 saturated heterocycles. The zero-order chi connectivity index (χ0) is 22.7. The minimum atomic E-state index is -0.224. The molecule has 162 valence electrons. The molecule has 0 fully saturated rings. The SMILES string of the molecule is Cc1cccc(C)c1NC(=O)CN(C)C(=O)Cc1c(C)nn(-c2ccc(Cl)cc2)c1C. The predicted molar refractivity (Wildman–Crippen MR) is 124 cm³/mol. The van der Waals surface area contributed by atoms with E-state index in [2.05, 4.69) is 10.4 Å². The zero-order valence-corrected chi connectivity index (χ0v) is 19.2. The maximum Gasteiger partial charge on any atom is 0.243 e. The zero-order valence-electron chi connectivity index (χ0n) is 18.5. The van der Waals surface area contributed by atoms with Gasteiger partial charge in [0.1, 0.15) is 0 Å². The molecule has 3 rings (SSSR count). The van der Waals surface area contributed by atoms with Gasteiger partial charge in [0.05, 0.1) is 24.3 Å². The van der Waals surface area contributed by atoms with Gasteiger partial charge in [-0.1, -0.05) is 29.8 Å². The number of nitrogens with zero attached hydrogens (tertiary/aromatic N) is 3. The molecule has 0 aliphatic rings. The molecule has 1 N–H and O–H groups in total. The number of carbonyl (C=O) groups is 2. The molecule has 0 bridgehead atoms. The second-order valence-corrected chi connectivity index (χ2v) is 8.22. The van der Waals surface area contributed by atoms with Gasteiger partial charge in [-0.3, -0.25) is 9.59 Å². The quantitative estimate of drug-likeness (QED) is 0.620. The summed E-state index contributed by atoms with van der Waals surface area (Å²) >= 11 is 5.98. The highest BCUT2D eigenvalue weighted by Gasteiger charge is 2.20. The number of nitrogens with one attached hydrogen (secondary N) is 1. The van der Waals surface area contributed by atoms with Crippen LogP contribution in [-0.4, -0.2) is 40.1 Å². The van der Waals surface area contributed by atoms with Gasteiger partial charge in [-0.2, -0.15) is 5.10 Å². The fraction of sp³-hybridized carbons (Fsp3) is 0.292. The van der Waals surface area contributed by atoms with Crippen LogP contribution < -0.4 is 5.32 Å². The number of likely N-dealkylation sites (N-methyl/N-ethyl adjacent to an activating group) is 1. The number of halogens is 1.